The molecular weight excluding hydrogens is 307 g/mol. The lowest BCUT2D eigenvalue weighted by Crippen LogP contribution is -2.10. The van der Waals surface area contributed by atoms with Gasteiger partial charge in [0.2, 0.25) is 0 Å². The zero-order valence-corrected chi connectivity index (χ0v) is 13.7. The molecule has 0 aromatic heterocycles. The first-order valence-corrected chi connectivity index (χ1v) is 8.01. The summed E-state index contributed by atoms with van der Waals surface area (Å²) >= 11 is 0. The minimum Gasteiger partial charge on any atom is -0.394 e. The maximum absolute atomic E-state index is 8.87. The zero-order chi connectivity index (χ0) is 17.2. The largest absolute Gasteiger partial charge is 0.394 e. The first kappa shape index (κ1) is 18.9. The number of hydrogen-bond acceptors (Lipinski definition) is 5. The molecule has 2 rings (SSSR count). The van der Waals surface area contributed by atoms with Crippen LogP contribution < -0.4 is 5.46 Å². The molecule has 2 radical (unpaired) electrons. The number of fused-ring (bicyclic) bond motifs is 1. The number of ether oxygens (including phenoxy) is 3. The molecule has 0 aliphatic carbocycles. The lowest BCUT2D eigenvalue weighted by atomic mass is 9.86. The van der Waals surface area contributed by atoms with Crippen molar-refractivity contribution in [2.45, 2.75) is 13.2 Å². The van der Waals surface area contributed by atoms with E-state index in [9.17, 15) is 0 Å². The molecule has 0 atom stereocenters. The van der Waals surface area contributed by atoms with Crippen molar-refractivity contribution in [1.82, 2.24) is 0 Å². The fraction of sp³-hybridized carbons (Fsp3) is 0.444. The molecule has 128 valence electrons. The zero-order valence-electron chi connectivity index (χ0n) is 13.7. The molecule has 24 heavy (non-hydrogen) atoms. The molecular formula is C18H23BO5. The standard InChI is InChI=1S/C18H23BO5/c19-17-5-4-15(13-24-11-10-22-8-6-20)18-14(12-23-9-7-21)2-1-3-16(17)18/h1-5,20-21H,6-13H2. The number of hydrogen-bond donors (Lipinski definition) is 2. The van der Waals surface area contributed by atoms with Crippen molar-refractivity contribution < 1.29 is 24.4 Å². The van der Waals surface area contributed by atoms with Gasteiger partial charge in [0.15, 0.2) is 0 Å². The summed E-state index contributed by atoms with van der Waals surface area (Å²) in [6.07, 6.45) is 0. The summed E-state index contributed by atoms with van der Waals surface area (Å²) in [5.41, 5.74) is 2.76. The fourth-order valence-corrected chi connectivity index (χ4v) is 2.54. The van der Waals surface area contributed by atoms with Crippen LogP contribution in [0, 0.1) is 0 Å². The molecule has 0 heterocycles. The summed E-state index contributed by atoms with van der Waals surface area (Å²) in [5, 5.41) is 19.5. The average molecular weight is 330 g/mol. The van der Waals surface area contributed by atoms with E-state index in [1.165, 1.54) is 0 Å². The molecule has 0 fully saturated rings. The summed E-state index contributed by atoms with van der Waals surface area (Å²) in [6, 6.07) is 9.76. The highest BCUT2D eigenvalue weighted by molar-refractivity contribution is 6.39. The van der Waals surface area contributed by atoms with Crippen molar-refractivity contribution in [3.8, 4) is 0 Å². The Kier molecular flexibility index (Phi) is 8.22. The molecule has 6 heteroatoms. The van der Waals surface area contributed by atoms with E-state index in [2.05, 4.69) is 0 Å². The van der Waals surface area contributed by atoms with Crippen LogP contribution in [0.25, 0.3) is 10.8 Å². The van der Waals surface area contributed by atoms with E-state index >= 15 is 0 Å². The van der Waals surface area contributed by atoms with E-state index in [4.69, 9.17) is 32.3 Å². The second-order valence-corrected chi connectivity index (χ2v) is 5.32. The lowest BCUT2D eigenvalue weighted by molar-refractivity contribution is 0.0277. The molecule has 0 spiro atoms. The van der Waals surface area contributed by atoms with Gasteiger partial charge in [-0.1, -0.05) is 35.8 Å². The minimum atomic E-state index is -0.00326. The number of aliphatic hydroxyl groups is 2. The number of aliphatic hydroxyl groups excluding tert-OH is 2. The van der Waals surface area contributed by atoms with Crippen LogP contribution in [-0.2, 0) is 27.4 Å². The first-order chi connectivity index (χ1) is 11.8. The molecule has 2 aromatic carbocycles. The van der Waals surface area contributed by atoms with Gasteiger partial charge in [-0.05, 0) is 21.9 Å². The molecule has 0 bridgehead atoms. The highest BCUT2D eigenvalue weighted by atomic mass is 16.5. The van der Waals surface area contributed by atoms with E-state index < -0.39 is 0 Å². The lowest BCUT2D eigenvalue weighted by Gasteiger charge is -2.14. The molecule has 0 saturated carbocycles. The van der Waals surface area contributed by atoms with Crippen molar-refractivity contribution in [3.63, 3.8) is 0 Å². The van der Waals surface area contributed by atoms with Crippen LogP contribution >= 0.6 is 0 Å². The van der Waals surface area contributed by atoms with Gasteiger partial charge in [0.1, 0.15) is 7.85 Å². The predicted molar refractivity (Wildman–Crippen MR) is 93.6 cm³/mol. The summed E-state index contributed by atoms with van der Waals surface area (Å²) in [5.74, 6) is 0. The quantitative estimate of drug-likeness (QED) is 0.468. The van der Waals surface area contributed by atoms with Gasteiger partial charge in [-0.2, -0.15) is 0 Å². The summed E-state index contributed by atoms with van der Waals surface area (Å²) in [4.78, 5) is 0. The van der Waals surface area contributed by atoms with Gasteiger partial charge >= 0.3 is 0 Å². The van der Waals surface area contributed by atoms with Crippen LogP contribution in [0.2, 0.25) is 0 Å². The van der Waals surface area contributed by atoms with Crippen LogP contribution in [-0.4, -0.2) is 57.7 Å². The van der Waals surface area contributed by atoms with Crippen molar-refractivity contribution in [1.29, 1.82) is 0 Å². The first-order valence-electron chi connectivity index (χ1n) is 8.01. The molecule has 2 aromatic rings. The molecule has 0 saturated heterocycles. The van der Waals surface area contributed by atoms with Gasteiger partial charge in [-0.25, -0.2) is 0 Å². The highest BCUT2D eigenvalue weighted by Crippen LogP contribution is 2.23. The van der Waals surface area contributed by atoms with Crippen molar-refractivity contribution in [2.24, 2.45) is 0 Å². The van der Waals surface area contributed by atoms with Crippen LogP contribution in [0.4, 0.5) is 0 Å². The van der Waals surface area contributed by atoms with E-state index in [1.807, 2.05) is 30.3 Å². The molecule has 0 aliphatic heterocycles. The Hall–Kier alpha value is -1.44. The maximum Gasteiger partial charge on any atom is 0.114 e. The molecule has 0 unspecified atom stereocenters. The summed E-state index contributed by atoms with van der Waals surface area (Å²) < 4.78 is 16.3. The van der Waals surface area contributed by atoms with E-state index in [0.717, 1.165) is 21.9 Å². The van der Waals surface area contributed by atoms with Crippen LogP contribution in [0.3, 0.4) is 0 Å². The monoisotopic (exact) mass is 330 g/mol. The van der Waals surface area contributed by atoms with Crippen LogP contribution in [0.1, 0.15) is 11.1 Å². The summed E-state index contributed by atoms with van der Waals surface area (Å²) in [7, 11) is 6.09. The second kappa shape index (κ2) is 10.4. The fourth-order valence-electron chi connectivity index (χ4n) is 2.54. The maximum atomic E-state index is 8.87. The topological polar surface area (TPSA) is 68.2 Å². The molecule has 0 aliphatic rings. The third-order valence-electron chi connectivity index (χ3n) is 3.61. The predicted octanol–water partition coefficient (Wildman–Crippen LogP) is 0.668. The Morgan fingerprint density at radius 2 is 1.38 bits per heavy atom. The minimum absolute atomic E-state index is 0.00326. The molecule has 2 N–H and O–H groups in total. The molecule has 0 amide bonds. The normalized spacial score (nSPS) is 11.2. The van der Waals surface area contributed by atoms with E-state index in [1.54, 1.807) is 0 Å². The summed E-state index contributed by atoms with van der Waals surface area (Å²) in [6.45, 7) is 2.38. The van der Waals surface area contributed by atoms with Gasteiger partial charge in [0.05, 0.1) is 52.9 Å². The Morgan fingerprint density at radius 1 is 0.750 bits per heavy atom. The van der Waals surface area contributed by atoms with Crippen molar-refractivity contribution in [2.75, 3.05) is 39.6 Å². The SMILES string of the molecule is [B]c1ccc(COCCOCCO)c2c(COCCO)cccc12. The number of benzene rings is 2. The van der Waals surface area contributed by atoms with Gasteiger partial charge in [0.25, 0.3) is 0 Å². The van der Waals surface area contributed by atoms with Gasteiger partial charge in [0, 0.05) is 0 Å². The smallest absolute Gasteiger partial charge is 0.114 e. The molecule has 5 nitrogen and oxygen atoms in total. The third-order valence-corrected chi connectivity index (χ3v) is 3.61. The van der Waals surface area contributed by atoms with Crippen LogP contribution in [0.5, 0.6) is 0 Å². The highest BCUT2D eigenvalue weighted by Gasteiger charge is 2.09. The third kappa shape index (κ3) is 5.29. The van der Waals surface area contributed by atoms with Gasteiger partial charge < -0.3 is 24.4 Å². The Balaban J connectivity index is 2.11. The Bertz CT molecular complexity index is 632. The van der Waals surface area contributed by atoms with Crippen molar-refractivity contribution >= 4 is 24.1 Å². The second-order valence-electron chi connectivity index (χ2n) is 5.32. The van der Waals surface area contributed by atoms with Gasteiger partial charge in [-0.15, -0.1) is 0 Å². The Labute approximate surface area is 143 Å². The number of rotatable bonds is 11. The van der Waals surface area contributed by atoms with E-state index in [-0.39, 0.29) is 13.2 Å². The Morgan fingerprint density at radius 3 is 2.12 bits per heavy atom. The average Bonchev–Trinajstić information content (AvgIpc) is 2.60. The van der Waals surface area contributed by atoms with Crippen LogP contribution in [0.15, 0.2) is 30.3 Å². The van der Waals surface area contributed by atoms with Gasteiger partial charge in [-0.3, -0.25) is 0 Å². The van der Waals surface area contributed by atoms with Crippen molar-refractivity contribution in [3.05, 3.63) is 41.5 Å². The van der Waals surface area contributed by atoms with E-state index in [0.29, 0.717) is 45.1 Å².